The van der Waals surface area contributed by atoms with Gasteiger partial charge >= 0.3 is 0 Å². The maximum atomic E-state index is 8.66. The molecular weight excluding hydrogens is 184 g/mol. The lowest BCUT2D eigenvalue weighted by atomic mass is 9.97. The molecule has 0 aromatic rings. The minimum absolute atomic E-state index is 0.0139. The molecule has 0 aliphatic carbocycles. The monoisotopic (exact) mass is 208 g/mol. The molecule has 2 unspecified atom stereocenters. The van der Waals surface area contributed by atoms with Gasteiger partial charge in [-0.3, -0.25) is 0 Å². The lowest BCUT2D eigenvalue weighted by Crippen LogP contribution is -2.20. The topological polar surface area (TPSA) is 80.9 Å². The van der Waals surface area contributed by atoms with Crippen LogP contribution in [0.4, 0.5) is 0 Å². The van der Waals surface area contributed by atoms with E-state index in [9.17, 15) is 0 Å². The van der Waals surface area contributed by atoms with Crippen molar-refractivity contribution in [3.63, 3.8) is 0 Å². The van der Waals surface area contributed by atoms with Gasteiger partial charge in [-0.15, -0.1) is 0 Å². The van der Waals surface area contributed by atoms with Crippen molar-refractivity contribution in [3.05, 3.63) is 0 Å². The van der Waals surface area contributed by atoms with E-state index >= 15 is 0 Å². The minimum Gasteiger partial charge on any atom is -0.396 e. The number of aliphatic hydroxyl groups is 4. The van der Waals surface area contributed by atoms with Crippen LogP contribution in [0.25, 0.3) is 0 Å². The molecule has 0 fully saturated rings. The molecule has 0 saturated carbocycles. The summed E-state index contributed by atoms with van der Waals surface area (Å²) in [6.07, 6.45) is -0.384. The molecule has 0 amide bonds. The molecule has 0 heterocycles. The second-order valence-electron chi connectivity index (χ2n) is 4.38. The van der Waals surface area contributed by atoms with E-state index in [4.69, 9.17) is 20.4 Å². The van der Waals surface area contributed by atoms with Crippen molar-refractivity contribution in [2.75, 3.05) is 19.8 Å². The first-order valence-corrected chi connectivity index (χ1v) is 4.81. The van der Waals surface area contributed by atoms with Gasteiger partial charge in [0.15, 0.2) is 0 Å². The highest BCUT2D eigenvalue weighted by atomic mass is 16.3. The van der Waals surface area contributed by atoms with Gasteiger partial charge in [-0.25, -0.2) is 0 Å². The molecular formula is C10H24O4. The minimum atomic E-state index is -0.384. The SMILES string of the molecule is CC(C)(CO)CO.CC(O)C(C)CO. The van der Waals surface area contributed by atoms with Gasteiger partial charge in [-0.1, -0.05) is 20.8 Å². The Morgan fingerprint density at radius 1 is 1.00 bits per heavy atom. The molecule has 4 N–H and O–H groups in total. The zero-order valence-corrected chi connectivity index (χ0v) is 9.56. The smallest absolute Gasteiger partial charge is 0.0559 e. The Labute approximate surface area is 86.2 Å². The van der Waals surface area contributed by atoms with E-state index in [0.29, 0.717) is 0 Å². The Kier molecular flexibility index (Phi) is 9.50. The number of hydrogen-bond donors (Lipinski definition) is 4. The van der Waals surface area contributed by atoms with E-state index in [1.165, 1.54) is 0 Å². The average Bonchev–Trinajstić information content (AvgIpc) is 2.17. The zero-order chi connectivity index (χ0) is 11.8. The van der Waals surface area contributed by atoms with Crippen LogP contribution in [0.2, 0.25) is 0 Å². The normalized spacial score (nSPS) is 15.4. The third kappa shape index (κ3) is 9.92. The Morgan fingerprint density at radius 2 is 1.36 bits per heavy atom. The van der Waals surface area contributed by atoms with Crippen LogP contribution < -0.4 is 0 Å². The third-order valence-electron chi connectivity index (χ3n) is 1.97. The highest BCUT2D eigenvalue weighted by molar-refractivity contribution is 4.62. The van der Waals surface area contributed by atoms with E-state index in [0.717, 1.165) is 0 Å². The van der Waals surface area contributed by atoms with Crippen molar-refractivity contribution >= 4 is 0 Å². The molecule has 88 valence electrons. The van der Waals surface area contributed by atoms with Crippen LogP contribution in [0.3, 0.4) is 0 Å². The molecule has 0 bridgehead atoms. The summed E-state index contributed by atoms with van der Waals surface area (Å²) in [6.45, 7) is 7.22. The largest absolute Gasteiger partial charge is 0.396 e. The number of aliphatic hydroxyl groups excluding tert-OH is 4. The van der Waals surface area contributed by atoms with Crippen LogP contribution in [-0.4, -0.2) is 46.4 Å². The van der Waals surface area contributed by atoms with Crippen LogP contribution in [0, 0.1) is 11.3 Å². The van der Waals surface area contributed by atoms with Gasteiger partial charge in [0, 0.05) is 17.9 Å². The zero-order valence-electron chi connectivity index (χ0n) is 9.56. The van der Waals surface area contributed by atoms with Gasteiger partial charge in [0.1, 0.15) is 0 Å². The fourth-order valence-corrected chi connectivity index (χ4v) is 0.203. The first-order valence-electron chi connectivity index (χ1n) is 4.81. The van der Waals surface area contributed by atoms with Crippen molar-refractivity contribution in [2.24, 2.45) is 11.3 Å². The summed E-state index contributed by atoms with van der Waals surface area (Å²) in [4.78, 5) is 0. The van der Waals surface area contributed by atoms with Crippen LogP contribution in [-0.2, 0) is 0 Å². The van der Waals surface area contributed by atoms with E-state index in [1.54, 1.807) is 27.7 Å². The molecule has 0 aromatic heterocycles. The van der Waals surface area contributed by atoms with Crippen molar-refractivity contribution in [1.29, 1.82) is 0 Å². The summed E-state index contributed by atoms with van der Waals surface area (Å²) < 4.78 is 0. The summed E-state index contributed by atoms with van der Waals surface area (Å²) in [5.41, 5.74) is -0.306. The maximum Gasteiger partial charge on any atom is 0.0559 e. The standard InChI is InChI=1S/2C5H12O2/c1-5(2,3-6)4-7;1-4(3-6)5(2)7/h6-7H,3-4H2,1-2H3;4-7H,3H2,1-2H3. The second-order valence-corrected chi connectivity index (χ2v) is 4.38. The molecule has 0 rings (SSSR count). The molecule has 4 heteroatoms. The maximum absolute atomic E-state index is 8.66. The molecule has 0 radical (unpaired) electrons. The van der Waals surface area contributed by atoms with Crippen molar-refractivity contribution in [3.8, 4) is 0 Å². The summed E-state index contributed by atoms with van der Waals surface area (Å²) in [7, 11) is 0. The summed E-state index contributed by atoms with van der Waals surface area (Å²) in [5.74, 6) is 0.0139. The summed E-state index contributed by atoms with van der Waals surface area (Å²) in [6, 6.07) is 0. The molecule has 0 saturated heterocycles. The quantitative estimate of drug-likeness (QED) is 0.524. The molecule has 0 aliphatic rings. The molecule has 0 aliphatic heterocycles. The van der Waals surface area contributed by atoms with Gasteiger partial charge in [0.05, 0.1) is 19.3 Å². The first kappa shape index (κ1) is 16.3. The predicted octanol–water partition coefficient (Wildman–Crippen LogP) is -0.00720. The molecule has 14 heavy (non-hydrogen) atoms. The highest BCUT2D eigenvalue weighted by Crippen LogP contribution is 2.10. The van der Waals surface area contributed by atoms with Crippen molar-refractivity contribution < 1.29 is 20.4 Å². The molecule has 2 atom stereocenters. The Balaban J connectivity index is 0. The Hall–Kier alpha value is -0.160. The summed E-state index contributed by atoms with van der Waals surface area (Å²) >= 11 is 0. The number of rotatable bonds is 4. The van der Waals surface area contributed by atoms with Crippen LogP contribution in [0.15, 0.2) is 0 Å². The van der Waals surface area contributed by atoms with E-state index in [-0.39, 0.29) is 37.3 Å². The van der Waals surface area contributed by atoms with E-state index in [2.05, 4.69) is 0 Å². The van der Waals surface area contributed by atoms with E-state index in [1.807, 2.05) is 0 Å². The fourth-order valence-electron chi connectivity index (χ4n) is 0.203. The van der Waals surface area contributed by atoms with Gasteiger partial charge in [-0.2, -0.15) is 0 Å². The van der Waals surface area contributed by atoms with Gasteiger partial charge in [0.2, 0.25) is 0 Å². The molecule has 4 nitrogen and oxygen atoms in total. The van der Waals surface area contributed by atoms with Crippen LogP contribution in [0.1, 0.15) is 27.7 Å². The second kappa shape index (κ2) is 8.17. The first-order chi connectivity index (χ1) is 6.30. The van der Waals surface area contributed by atoms with Gasteiger partial charge < -0.3 is 20.4 Å². The fraction of sp³-hybridized carbons (Fsp3) is 1.00. The van der Waals surface area contributed by atoms with E-state index < -0.39 is 0 Å². The summed E-state index contributed by atoms with van der Waals surface area (Å²) in [5, 5.41) is 33.9. The van der Waals surface area contributed by atoms with Gasteiger partial charge in [0.25, 0.3) is 0 Å². The lowest BCUT2D eigenvalue weighted by Gasteiger charge is -2.16. The van der Waals surface area contributed by atoms with Crippen LogP contribution in [0.5, 0.6) is 0 Å². The highest BCUT2D eigenvalue weighted by Gasteiger charge is 2.13. The Morgan fingerprint density at radius 3 is 1.36 bits per heavy atom. The average molecular weight is 208 g/mol. The molecule has 0 aromatic carbocycles. The predicted molar refractivity (Wildman–Crippen MR) is 55.9 cm³/mol. The number of hydrogen-bond acceptors (Lipinski definition) is 4. The van der Waals surface area contributed by atoms with Crippen molar-refractivity contribution in [1.82, 2.24) is 0 Å². The molecule has 0 spiro atoms. The van der Waals surface area contributed by atoms with Gasteiger partial charge in [-0.05, 0) is 6.92 Å². The van der Waals surface area contributed by atoms with Crippen LogP contribution >= 0.6 is 0 Å². The lowest BCUT2D eigenvalue weighted by molar-refractivity contribution is 0.0856. The third-order valence-corrected chi connectivity index (χ3v) is 1.97. The van der Waals surface area contributed by atoms with Crippen molar-refractivity contribution in [2.45, 2.75) is 33.8 Å². The Bertz CT molecular complexity index is 117.